The summed E-state index contributed by atoms with van der Waals surface area (Å²) in [6, 6.07) is 2.28. The van der Waals surface area contributed by atoms with Crippen LogP contribution in [0.2, 0.25) is 0 Å². The second kappa shape index (κ2) is 5.15. The third-order valence-electron chi connectivity index (χ3n) is 5.59. The van der Waals surface area contributed by atoms with Gasteiger partial charge in [0.2, 0.25) is 5.91 Å². The molecule has 1 N–H and O–H groups in total. The van der Waals surface area contributed by atoms with E-state index in [1.54, 1.807) is 12.5 Å². The second-order valence-corrected chi connectivity index (χ2v) is 7.30. The largest absolute Gasteiger partial charge is 0.326 e. The SMILES string of the molecule is CC(=O)Nc1c(C)cc(C)c2c1C(C)CC21CCCCC1. The van der Waals surface area contributed by atoms with Crippen molar-refractivity contribution in [2.45, 2.75) is 77.6 Å². The Kier molecular flexibility index (Phi) is 3.59. The summed E-state index contributed by atoms with van der Waals surface area (Å²) in [6.45, 7) is 8.34. The van der Waals surface area contributed by atoms with Crippen LogP contribution in [0.3, 0.4) is 0 Å². The molecule has 1 unspecified atom stereocenters. The van der Waals surface area contributed by atoms with Gasteiger partial charge >= 0.3 is 0 Å². The average molecular weight is 285 g/mol. The molecule has 2 aliphatic carbocycles. The number of fused-ring (bicyclic) bond motifs is 2. The number of rotatable bonds is 1. The van der Waals surface area contributed by atoms with E-state index in [1.165, 1.54) is 55.2 Å². The molecule has 114 valence electrons. The summed E-state index contributed by atoms with van der Waals surface area (Å²) in [7, 11) is 0. The van der Waals surface area contributed by atoms with E-state index in [0.29, 0.717) is 11.3 Å². The lowest BCUT2D eigenvalue weighted by molar-refractivity contribution is -0.114. The molecule has 2 aliphatic rings. The Balaban J connectivity index is 2.18. The molecule has 0 aliphatic heterocycles. The highest BCUT2D eigenvalue weighted by Crippen LogP contribution is 2.56. The summed E-state index contributed by atoms with van der Waals surface area (Å²) in [5.41, 5.74) is 7.13. The van der Waals surface area contributed by atoms with E-state index < -0.39 is 0 Å². The predicted molar refractivity (Wildman–Crippen MR) is 88.0 cm³/mol. The minimum Gasteiger partial charge on any atom is -0.326 e. The molecule has 1 amide bonds. The van der Waals surface area contributed by atoms with Crippen LogP contribution in [0.5, 0.6) is 0 Å². The number of nitrogens with one attached hydrogen (secondary N) is 1. The minimum atomic E-state index is 0.0425. The van der Waals surface area contributed by atoms with Crippen molar-refractivity contribution in [1.29, 1.82) is 0 Å². The van der Waals surface area contributed by atoms with E-state index in [2.05, 4.69) is 32.2 Å². The van der Waals surface area contributed by atoms with Gasteiger partial charge in [0.15, 0.2) is 0 Å². The van der Waals surface area contributed by atoms with Crippen LogP contribution in [0.25, 0.3) is 0 Å². The zero-order valence-corrected chi connectivity index (χ0v) is 13.8. The van der Waals surface area contributed by atoms with Crippen LogP contribution < -0.4 is 5.32 Å². The fourth-order valence-electron chi connectivity index (χ4n) is 5.03. The molecule has 0 saturated heterocycles. The standard InChI is InChI=1S/C19H27NO/c1-12-10-13(2)18(20-15(4)21)16-14(3)11-19(17(12)16)8-6-5-7-9-19/h10,14H,5-9,11H2,1-4H3,(H,20,21). The van der Waals surface area contributed by atoms with E-state index in [0.717, 1.165) is 5.69 Å². The molecular weight excluding hydrogens is 258 g/mol. The van der Waals surface area contributed by atoms with Crippen molar-refractivity contribution in [1.82, 2.24) is 0 Å². The van der Waals surface area contributed by atoms with Crippen LogP contribution in [0.4, 0.5) is 5.69 Å². The molecule has 0 aromatic heterocycles. The second-order valence-electron chi connectivity index (χ2n) is 7.30. The van der Waals surface area contributed by atoms with Gasteiger partial charge in [-0.3, -0.25) is 4.79 Å². The van der Waals surface area contributed by atoms with Gasteiger partial charge in [-0.1, -0.05) is 32.3 Å². The first kappa shape index (κ1) is 14.6. The van der Waals surface area contributed by atoms with E-state index in [1.807, 2.05) is 0 Å². The lowest BCUT2D eigenvalue weighted by atomic mass is 9.69. The quantitative estimate of drug-likeness (QED) is 0.775. The number of anilines is 1. The van der Waals surface area contributed by atoms with Gasteiger partial charge in [0.05, 0.1) is 0 Å². The zero-order valence-electron chi connectivity index (χ0n) is 13.8. The summed E-state index contributed by atoms with van der Waals surface area (Å²) >= 11 is 0. The maximum absolute atomic E-state index is 11.6. The molecule has 1 atom stereocenters. The lowest BCUT2D eigenvalue weighted by Gasteiger charge is -2.36. The Morgan fingerprint density at radius 1 is 1.19 bits per heavy atom. The number of benzene rings is 1. The van der Waals surface area contributed by atoms with Gasteiger partial charge in [-0.05, 0) is 66.7 Å². The van der Waals surface area contributed by atoms with Gasteiger partial charge in [0, 0.05) is 12.6 Å². The van der Waals surface area contributed by atoms with Crippen LogP contribution in [0, 0.1) is 13.8 Å². The van der Waals surface area contributed by atoms with Gasteiger partial charge < -0.3 is 5.32 Å². The molecule has 0 heterocycles. The average Bonchev–Trinajstić information content (AvgIpc) is 2.68. The van der Waals surface area contributed by atoms with Crippen molar-refractivity contribution < 1.29 is 4.79 Å². The number of aryl methyl sites for hydroxylation is 2. The first-order valence-electron chi connectivity index (χ1n) is 8.37. The maximum Gasteiger partial charge on any atom is 0.221 e. The first-order valence-corrected chi connectivity index (χ1v) is 8.37. The maximum atomic E-state index is 11.6. The van der Waals surface area contributed by atoms with Gasteiger partial charge in [-0.2, -0.15) is 0 Å². The number of carbonyl (C=O) groups excluding carboxylic acids is 1. The van der Waals surface area contributed by atoms with Crippen LogP contribution in [0.15, 0.2) is 6.07 Å². The lowest BCUT2D eigenvalue weighted by Crippen LogP contribution is -2.27. The van der Waals surface area contributed by atoms with Crippen molar-refractivity contribution in [3.05, 3.63) is 28.3 Å². The molecule has 1 aromatic rings. The molecule has 2 nitrogen and oxygen atoms in total. The smallest absolute Gasteiger partial charge is 0.221 e. The minimum absolute atomic E-state index is 0.0425. The Bertz CT molecular complexity index is 582. The molecule has 0 bridgehead atoms. The molecule has 0 radical (unpaired) electrons. The fourth-order valence-corrected chi connectivity index (χ4v) is 5.03. The molecule has 1 aromatic carbocycles. The van der Waals surface area contributed by atoms with Crippen LogP contribution in [-0.2, 0) is 10.2 Å². The van der Waals surface area contributed by atoms with Crippen molar-refractivity contribution in [3.63, 3.8) is 0 Å². The van der Waals surface area contributed by atoms with Gasteiger partial charge in [0.1, 0.15) is 0 Å². The van der Waals surface area contributed by atoms with Gasteiger partial charge in [0.25, 0.3) is 0 Å². The predicted octanol–water partition coefficient (Wildman–Crippen LogP) is 4.97. The molecule has 1 saturated carbocycles. The molecule has 2 heteroatoms. The van der Waals surface area contributed by atoms with Crippen LogP contribution in [-0.4, -0.2) is 5.91 Å². The summed E-state index contributed by atoms with van der Waals surface area (Å²) in [6.07, 6.45) is 8.01. The van der Waals surface area contributed by atoms with Crippen molar-refractivity contribution in [3.8, 4) is 0 Å². The third-order valence-corrected chi connectivity index (χ3v) is 5.59. The van der Waals surface area contributed by atoms with Gasteiger partial charge in [-0.15, -0.1) is 0 Å². The summed E-state index contributed by atoms with van der Waals surface area (Å²) in [5, 5.41) is 3.11. The Morgan fingerprint density at radius 3 is 2.48 bits per heavy atom. The number of amides is 1. The normalized spacial score (nSPS) is 23.1. The highest BCUT2D eigenvalue weighted by molar-refractivity contribution is 5.91. The highest BCUT2D eigenvalue weighted by Gasteiger charge is 2.45. The highest BCUT2D eigenvalue weighted by atomic mass is 16.1. The van der Waals surface area contributed by atoms with Crippen LogP contribution >= 0.6 is 0 Å². The fraction of sp³-hybridized carbons (Fsp3) is 0.632. The zero-order chi connectivity index (χ0) is 15.2. The number of hydrogen-bond donors (Lipinski definition) is 1. The third kappa shape index (κ3) is 2.29. The Labute approximate surface area is 128 Å². The monoisotopic (exact) mass is 285 g/mol. The number of hydrogen-bond acceptors (Lipinski definition) is 1. The first-order chi connectivity index (χ1) is 9.94. The molecule has 1 fully saturated rings. The molecular formula is C19H27NO. The molecule has 3 rings (SSSR count). The summed E-state index contributed by atoms with van der Waals surface area (Å²) in [5.74, 6) is 0.597. The molecule has 1 spiro atoms. The number of carbonyl (C=O) groups is 1. The summed E-state index contributed by atoms with van der Waals surface area (Å²) < 4.78 is 0. The van der Waals surface area contributed by atoms with Crippen molar-refractivity contribution >= 4 is 11.6 Å². The topological polar surface area (TPSA) is 29.1 Å². The molecule has 21 heavy (non-hydrogen) atoms. The van der Waals surface area contributed by atoms with Crippen LogP contribution in [0.1, 0.15) is 80.5 Å². The van der Waals surface area contributed by atoms with Crippen molar-refractivity contribution in [2.24, 2.45) is 0 Å². The Morgan fingerprint density at radius 2 is 1.86 bits per heavy atom. The van der Waals surface area contributed by atoms with Crippen molar-refractivity contribution in [2.75, 3.05) is 5.32 Å². The van der Waals surface area contributed by atoms with E-state index in [9.17, 15) is 4.79 Å². The summed E-state index contributed by atoms with van der Waals surface area (Å²) in [4.78, 5) is 11.6. The van der Waals surface area contributed by atoms with Gasteiger partial charge in [-0.25, -0.2) is 0 Å². The Hall–Kier alpha value is -1.31. The van der Waals surface area contributed by atoms with E-state index in [4.69, 9.17) is 0 Å². The van der Waals surface area contributed by atoms with E-state index in [-0.39, 0.29) is 5.91 Å². The van der Waals surface area contributed by atoms with E-state index >= 15 is 0 Å².